The van der Waals surface area contributed by atoms with Crippen molar-refractivity contribution >= 4 is 5.91 Å². The molecule has 2 rings (SSSR count). The van der Waals surface area contributed by atoms with Gasteiger partial charge in [0.05, 0.1) is 0 Å². The summed E-state index contributed by atoms with van der Waals surface area (Å²) in [6.45, 7) is 4.33. The van der Waals surface area contributed by atoms with Crippen LogP contribution in [-0.4, -0.2) is 30.4 Å². The summed E-state index contributed by atoms with van der Waals surface area (Å²) in [5.74, 6) is -0.148. The molecule has 0 bridgehead atoms. The number of hydrogen-bond acceptors (Lipinski definition) is 3. The van der Waals surface area contributed by atoms with Gasteiger partial charge in [-0.25, -0.2) is 0 Å². The summed E-state index contributed by atoms with van der Waals surface area (Å²) < 4.78 is 0. The minimum Gasteiger partial charge on any atom is -0.389 e. The summed E-state index contributed by atoms with van der Waals surface area (Å²) >= 11 is 0. The third kappa shape index (κ3) is 4.36. The number of amides is 1. The van der Waals surface area contributed by atoms with Crippen LogP contribution >= 0.6 is 0 Å². The molecule has 0 spiro atoms. The van der Waals surface area contributed by atoms with Gasteiger partial charge in [0, 0.05) is 25.8 Å². The Morgan fingerprint density at radius 3 is 2.73 bits per heavy atom. The fraction of sp³-hybridized carbons (Fsp3) is 0.444. The van der Waals surface area contributed by atoms with Crippen LogP contribution in [0.1, 0.15) is 30.4 Å². The quantitative estimate of drug-likeness (QED) is 0.516. The average Bonchev–Trinajstić information content (AvgIpc) is 2.57. The van der Waals surface area contributed by atoms with Crippen molar-refractivity contribution in [3.8, 4) is 6.07 Å². The van der Waals surface area contributed by atoms with Gasteiger partial charge in [-0.15, -0.1) is 0 Å². The molecular weight excluding hydrogens is 274 g/mol. The molecular formula is C18H23N3O. The third-order valence-corrected chi connectivity index (χ3v) is 4.04. The number of rotatable bonds is 5. The Bertz CT molecular complexity index is 580. The van der Waals surface area contributed by atoms with Crippen molar-refractivity contribution < 1.29 is 4.79 Å². The highest BCUT2D eigenvalue weighted by molar-refractivity contribution is 5.97. The Morgan fingerprint density at radius 1 is 1.32 bits per heavy atom. The Morgan fingerprint density at radius 2 is 2.05 bits per heavy atom. The smallest absolute Gasteiger partial charge is 0.265 e. The van der Waals surface area contributed by atoms with Crippen LogP contribution in [0.5, 0.6) is 0 Å². The molecule has 1 aliphatic rings. The fourth-order valence-corrected chi connectivity index (χ4v) is 2.68. The largest absolute Gasteiger partial charge is 0.389 e. The van der Waals surface area contributed by atoms with Gasteiger partial charge in [0.15, 0.2) is 0 Å². The van der Waals surface area contributed by atoms with Gasteiger partial charge >= 0.3 is 0 Å². The zero-order chi connectivity index (χ0) is 15.8. The highest BCUT2D eigenvalue weighted by Crippen LogP contribution is 2.11. The molecule has 1 N–H and O–H groups in total. The number of hydrogen-bond donors (Lipinski definition) is 1. The lowest BCUT2D eigenvalue weighted by molar-refractivity contribution is -0.127. The van der Waals surface area contributed by atoms with E-state index in [1.54, 1.807) is 11.1 Å². The SMILES string of the molecule is Cc1ccccc1CCN/C=C(/C#N)C(=O)N1CCCCC1. The summed E-state index contributed by atoms with van der Waals surface area (Å²) in [5.41, 5.74) is 2.74. The second-order valence-electron chi connectivity index (χ2n) is 5.65. The van der Waals surface area contributed by atoms with Crippen LogP contribution in [0.3, 0.4) is 0 Å². The van der Waals surface area contributed by atoms with Gasteiger partial charge in [0.25, 0.3) is 5.91 Å². The minimum absolute atomic E-state index is 0.148. The first-order valence-electron chi connectivity index (χ1n) is 7.90. The molecule has 0 atom stereocenters. The fourth-order valence-electron chi connectivity index (χ4n) is 2.68. The zero-order valence-electron chi connectivity index (χ0n) is 13.1. The molecule has 116 valence electrons. The monoisotopic (exact) mass is 297 g/mol. The van der Waals surface area contributed by atoms with E-state index in [0.29, 0.717) is 6.54 Å². The number of aryl methyl sites for hydroxylation is 1. The van der Waals surface area contributed by atoms with E-state index in [2.05, 4.69) is 24.4 Å². The summed E-state index contributed by atoms with van der Waals surface area (Å²) in [6, 6.07) is 10.3. The number of carbonyl (C=O) groups is 1. The first-order chi connectivity index (χ1) is 10.7. The number of likely N-dealkylation sites (tertiary alicyclic amines) is 1. The van der Waals surface area contributed by atoms with Crippen molar-refractivity contribution in [1.29, 1.82) is 5.26 Å². The maximum atomic E-state index is 12.2. The third-order valence-electron chi connectivity index (χ3n) is 4.04. The molecule has 1 heterocycles. The van der Waals surface area contributed by atoms with Crippen molar-refractivity contribution in [2.24, 2.45) is 0 Å². The van der Waals surface area contributed by atoms with Crippen LogP contribution in [0.4, 0.5) is 0 Å². The van der Waals surface area contributed by atoms with Gasteiger partial charge < -0.3 is 10.2 Å². The van der Waals surface area contributed by atoms with Crippen molar-refractivity contribution in [3.05, 3.63) is 47.2 Å². The summed E-state index contributed by atoms with van der Waals surface area (Å²) in [5, 5.41) is 12.3. The first kappa shape index (κ1) is 16.1. The molecule has 1 fully saturated rings. The van der Waals surface area contributed by atoms with E-state index in [9.17, 15) is 10.1 Å². The molecule has 1 amide bonds. The number of benzene rings is 1. The lowest BCUT2D eigenvalue weighted by Crippen LogP contribution is -2.36. The second-order valence-corrected chi connectivity index (χ2v) is 5.65. The van der Waals surface area contributed by atoms with Crippen molar-refractivity contribution in [1.82, 2.24) is 10.2 Å². The van der Waals surface area contributed by atoms with E-state index in [0.717, 1.165) is 32.4 Å². The summed E-state index contributed by atoms with van der Waals surface area (Å²) in [6.07, 6.45) is 5.68. The molecule has 0 unspecified atom stereocenters. The highest BCUT2D eigenvalue weighted by Gasteiger charge is 2.19. The maximum absolute atomic E-state index is 12.2. The standard InChI is InChI=1S/C18H23N3O/c1-15-7-3-4-8-16(15)9-10-20-14-17(13-19)18(22)21-11-5-2-6-12-21/h3-4,7-8,14,20H,2,5-6,9-12H2,1H3/b17-14-. The minimum atomic E-state index is -0.148. The number of nitrogens with one attached hydrogen (secondary N) is 1. The van der Waals surface area contributed by atoms with Gasteiger partial charge in [-0.05, 0) is 43.7 Å². The summed E-state index contributed by atoms with van der Waals surface area (Å²) in [4.78, 5) is 14.0. The van der Waals surface area contributed by atoms with E-state index < -0.39 is 0 Å². The van der Waals surface area contributed by atoms with Crippen LogP contribution in [0.2, 0.25) is 0 Å². The average molecular weight is 297 g/mol. The van der Waals surface area contributed by atoms with Crippen LogP contribution < -0.4 is 5.32 Å². The zero-order valence-corrected chi connectivity index (χ0v) is 13.1. The van der Waals surface area contributed by atoms with E-state index in [-0.39, 0.29) is 11.5 Å². The van der Waals surface area contributed by atoms with Gasteiger partial charge in [-0.1, -0.05) is 24.3 Å². The molecule has 0 aromatic heterocycles. The molecule has 0 aliphatic carbocycles. The Balaban J connectivity index is 1.86. The molecule has 4 nitrogen and oxygen atoms in total. The molecule has 1 saturated heterocycles. The Hall–Kier alpha value is -2.28. The first-order valence-corrected chi connectivity index (χ1v) is 7.90. The molecule has 4 heteroatoms. The Labute approximate surface area is 132 Å². The number of piperidine rings is 1. The predicted octanol–water partition coefficient (Wildman–Crippen LogP) is 2.55. The van der Waals surface area contributed by atoms with Gasteiger partial charge in [0.1, 0.15) is 11.6 Å². The molecule has 0 saturated carbocycles. The molecule has 0 radical (unpaired) electrons. The molecule has 22 heavy (non-hydrogen) atoms. The van der Waals surface area contributed by atoms with Gasteiger partial charge in [-0.3, -0.25) is 4.79 Å². The summed E-state index contributed by atoms with van der Waals surface area (Å²) in [7, 11) is 0. The lowest BCUT2D eigenvalue weighted by atomic mass is 10.1. The molecule has 1 aromatic carbocycles. The van der Waals surface area contributed by atoms with Crippen molar-refractivity contribution in [2.75, 3.05) is 19.6 Å². The lowest BCUT2D eigenvalue weighted by Gasteiger charge is -2.26. The highest BCUT2D eigenvalue weighted by atomic mass is 16.2. The van der Waals surface area contributed by atoms with Crippen molar-refractivity contribution in [2.45, 2.75) is 32.6 Å². The maximum Gasteiger partial charge on any atom is 0.265 e. The van der Waals surface area contributed by atoms with Crippen LogP contribution in [0, 0.1) is 18.3 Å². The van der Waals surface area contributed by atoms with Crippen LogP contribution in [-0.2, 0) is 11.2 Å². The molecule has 1 aromatic rings. The Kier molecular flexibility index (Phi) is 6.02. The molecule has 1 aliphatic heterocycles. The predicted molar refractivity (Wildman–Crippen MR) is 87.0 cm³/mol. The van der Waals surface area contributed by atoms with Crippen LogP contribution in [0.25, 0.3) is 0 Å². The van der Waals surface area contributed by atoms with E-state index in [1.165, 1.54) is 17.5 Å². The number of carbonyl (C=O) groups excluding carboxylic acids is 1. The normalized spacial score (nSPS) is 15.3. The van der Waals surface area contributed by atoms with Gasteiger partial charge in [0.2, 0.25) is 0 Å². The van der Waals surface area contributed by atoms with Crippen molar-refractivity contribution in [3.63, 3.8) is 0 Å². The topological polar surface area (TPSA) is 56.1 Å². The van der Waals surface area contributed by atoms with Gasteiger partial charge in [-0.2, -0.15) is 5.26 Å². The number of nitriles is 1. The van der Waals surface area contributed by atoms with Crippen LogP contribution in [0.15, 0.2) is 36.0 Å². The second kappa shape index (κ2) is 8.23. The number of nitrogens with zero attached hydrogens (tertiary/aromatic N) is 2. The van der Waals surface area contributed by atoms with E-state index in [1.807, 2.05) is 18.2 Å². The van der Waals surface area contributed by atoms with E-state index in [4.69, 9.17) is 0 Å². The van der Waals surface area contributed by atoms with E-state index >= 15 is 0 Å².